The largest absolute Gasteiger partial charge is 0.493 e. The first-order valence-corrected chi connectivity index (χ1v) is 13.2. The molecule has 39 heavy (non-hydrogen) atoms. The number of methoxy groups -OCH3 is 2. The molecule has 0 aliphatic carbocycles. The number of alkyl halides is 3. The summed E-state index contributed by atoms with van der Waals surface area (Å²) < 4.78 is 51.0. The number of hydrogen-bond donors (Lipinski definition) is 2. The van der Waals surface area contributed by atoms with Gasteiger partial charge in [0.2, 0.25) is 17.7 Å². The summed E-state index contributed by atoms with van der Waals surface area (Å²) in [5.74, 6) is -2.37. The molecule has 0 saturated carbocycles. The number of thiazole rings is 1. The van der Waals surface area contributed by atoms with Crippen LogP contribution in [0.5, 0.6) is 11.5 Å². The smallest absolute Gasteiger partial charge is 0.416 e. The van der Waals surface area contributed by atoms with Crippen molar-refractivity contribution in [1.29, 1.82) is 0 Å². The fourth-order valence-electron chi connectivity index (χ4n) is 4.70. The lowest BCUT2D eigenvalue weighted by atomic mass is 9.83. The molecule has 2 aromatic carbocycles. The molecule has 1 aromatic heterocycles. The van der Waals surface area contributed by atoms with Crippen LogP contribution >= 0.6 is 23.1 Å². The van der Waals surface area contributed by atoms with Crippen LogP contribution in [0.2, 0.25) is 0 Å². The number of anilines is 1. The van der Waals surface area contributed by atoms with E-state index in [1.165, 1.54) is 24.9 Å². The summed E-state index contributed by atoms with van der Waals surface area (Å²) in [5, 5.41) is 4.23. The Labute approximate surface area is 227 Å². The molecule has 3 unspecified atom stereocenters. The fourth-order valence-corrected chi connectivity index (χ4v) is 7.44. The van der Waals surface area contributed by atoms with Crippen molar-refractivity contribution in [2.24, 2.45) is 5.92 Å². The lowest BCUT2D eigenvalue weighted by molar-refractivity contribution is -0.137. The van der Waals surface area contributed by atoms with Crippen molar-refractivity contribution in [3.05, 3.63) is 68.1 Å². The Bertz CT molecular complexity index is 1550. The maximum absolute atomic E-state index is 13.1. The highest BCUT2D eigenvalue weighted by atomic mass is 32.2. The van der Waals surface area contributed by atoms with E-state index in [1.54, 1.807) is 18.2 Å². The van der Waals surface area contributed by atoms with E-state index in [9.17, 15) is 32.3 Å². The predicted molar refractivity (Wildman–Crippen MR) is 136 cm³/mol. The Kier molecular flexibility index (Phi) is 6.93. The first kappa shape index (κ1) is 26.8. The van der Waals surface area contributed by atoms with E-state index in [-0.39, 0.29) is 5.69 Å². The Hall–Kier alpha value is -3.78. The van der Waals surface area contributed by atoms with Gasteiger partial charge in [-0.2, -0.15) is 13.2 Å². The van der Waals surface area contributed by atoms with E-state index in [0.717, 1.165) is 41.3 Å². The number of nitrogens with zero attached hydrogens (tertiary/aromatic N) is 1. The van der Waals surface area contributed by atoms with Crippen molar-refractivity contribution in [1.82, 2.24) is 9.88 Å². The number of imide groups is 1. The van der Waals surface area contributed by atoms with Gasteiger partial charge in [0, 0.05) is 16.5 Å². The van der Waals surface area contributed by atoms with Crippen LogP contribution in [0.3, 0.4) is 0 Å². The summed E-state index contributed by atoms with van der Waals surface area (Å²) in [4.78, 5) is 51.4. The lowest BCUT2D eigenvalue weighted by Gasteiger charge is -2.31. The Morgan fingerprint density at radius 1 is 1.05 bits per heavy atom. The molecule has 1 fully saturated rings. The SMILES string of the molecule is COc1ccc(C2c3sc(=O)n(CC(=O)Nc4cccc(C(F)(F)F)c4)c3SC3C(=O)NC(=O)C32)cc1OC. The molecule has 0 radical (unpaired) electrons. The minimum atomic E-state index is -4.59. The number of amides is 3. The molecule has 3 atom stereocenters. The number of halogens is 3. The summed E-state index contributed by atoms with van der Waals surface area (Å²) in [6, 6.07) is 9.19. The molecule has 2 aliphatic rings. The average molecular weight is 580 g/mol. The van der Waals surface area contributed by atoms with Crippen LogP contribution < -0.4 is 25.0 Å². The number of fused-ring (bicyclic) bond motifs is 2. The van der Waals surface area contributed by atoms with E-state index in [4.69, 9.17) is 9.47 Å². The van der Waals surface area contributed by atoms with Crippen LogP contribution in [0.25, 0.3) is 0 Å². The van der Waals surface area contributed by atoms with Crippen molar-refractivity contribution in [2.45, 2.75) is 28.9 Å². The van der Waals surface area contributed by atoms with E-state index < -0.39 is 58.0 Å². The second-order valence-corrected chi connectivity index (χ2v) is 10.9. The van der Waals surface area contributed by atoms with Gasteiger partial charge in [0.05, 0.1) is 30.7 Å². The zero-order chi connectivity index (χ0) is 28.1. The maximum Gasteiger partial charge on any atom is 0.416 e. The van der Waals surface area contributed by atoms with Gasteiger partial charge in [-0.1, -0.05) is 35.2 Å². The van der Waals surface area contributed by atoms with Gasteiger partial charge in [-0.25, -0.2) is 0 Å². The number of ether oxygens (including phenoxy) is 2. The first-order valence-electron chi connectivity index (χ1n) is 11.5. The lowest BCUT2D eigenvalue weighted by Crippen LogP contribution is -2.32. The van der Waals surface area contributed by atoms with Crippen LogP contribution in [-0.4, -0.2) is 41.8 Å². The summed E-state index contributed by atoms with van der Waals surface area (Å²) in [7, 11) is 2.93. The first-order chi connectivity index (χ1) is 18.5. The van der Waals surface area contributed by atoms with Gasteiger partial charge in [-0.15, -0.1) is 0 Å². The molecule has 2 N–H and O–H groups in total. The zero-order valence-electron chi connectivity index (χ0n) is 20.3. The third-order valence-electron chi connectivity index (χ3n) is 6.43. The second-order valence-electron chi connectivity index (χ2n) is 8.76. The minimum Gasteiger partial charge on any atom is -0.493 e. The number of hydrogen-bond acceptors (Lipinski definition) is 8. The van der Waals surface area contributed by atoms with Gasteiger partial charge in [-0.05, 0) is 35.9 Å². The quantitative estimate of drug-likeness (QED) is 0.430. The van der Waals surface area contributed by atoms with Crippen molar-refractivity contribution in [3.63, 3.8) is 0 Å². The second kappa shape index (κ2) is 10.1. The Morgan fingerprint density at radius 3 is 2.49 bits per heavy atom. The molecule has 9 nitrogen and oxygen atoms in total. The third-order valence-corrected chi connectivity index (χ3v) is 9.05. The summed E-state index contributed by atoms with van der Waals surface area (Å²) in [5.41, 5.74) is -0.402. The third kappa shape index (κ3) is 4.89. The van der Waals surface area contributed by atoms with Crippen LogP contribution in [0, 0.1) is 5.92 Å². The highest BCUT2D eigenvalue weighted by molar-refractivity contribution is 8.00. The van der Waals surface area contributed by atoms with Gasteiger partial charge < -0.3 is 14.8 Å². The van der Waals surface area contributed by atoms with Crippen LogP contribution in [0.4, 0.5) is 18.9 Å². The van der Waals surface area contributed by atoms with Crippen molar-refractivity contribution < 1.29 is 37.0 Å². The Balaban J connectivity index is 1.51. The summed E-state index contributed by atoms with van der Waals surface area (Å²) >= 11 is 1.86. The molecule has 0 spiro atoms. The number of carbonyl (C=O) groups is 3. The van der Waals surface area contributed by atoms with Gasteiger partial charge in [0.1, 0.15) is 11.8 Å². The summed E-state index contributed by atoms with van der Waals surface area (Å²) in [6.45, 7) is -0.500. The van der Waals surface area contributed by atoms with Crippen molar-refractivity contribution in [2.75, 3.05) is 19.5 Å². The maximum atomic E-state index is 13.1. The molecule has 5 rings (SSSR count). The fraction of sp³-hybridized carbons (Fsp3) is 0.280. The molecular formula is C25H20F3N3O6S2. The molecule has 204 valence electrons. The number of aromatic nitrogens is 1. The van der Waals surface area contributed by atoms with Crippen LogP contribution in [0.15, 0.2) is 52.3 Å². The monoisotopic (exact) mass is 579 g/mol. The van der Waals surface area contributed by atoms with Crippen molar-refractivity contribution in [3.8, 4) is 11.5 Å². The highest BCUT2D eigenvalue weighted by Gasteiger charge is 2.53. The highest BCUT2D eigenvalue weighted by Crippen LogP contribution is 2.52. The van der Waals surface area contributed by atoms with E-state index in [1.807, 2.05) is 0 Å². The van der Waals surface area contributed by atoms with Crippen molar-refractivity contribution >= 4 is 46.5 Å². The number of carbonyl (C=O) groups excluding carboxylic acids is 3. The molecule has 3 aromatic rings. The number of benzene rings is 2. The van der Waals surface area contributed by atoms with Crippen LogP contribution in [0.1, 0.15) is 21.9 Å². The predicted octanol–water partition coefficient (Wildman–Crippen LogP) is 3.46. The van der Waals surface area contributed by atoms with Gasteiger partial charge >= 0.3 is 11.0 Å². The molecule has 0 bridgehead atoms. The minimum absolute atomic E-state index is 0.0799. The van der Waals surface area contributed by atoms with Gasteiger partial charge in [0.15, 0.2) is 11.5 Å². The standard InChI is InChI=1S/C25H20F3N3O6S2/c1-36-14-7-6-11(8-15(14)37-2)17-18-19(22(34)30-21(18)33)38-23-20(17)39-24(35)31(23)10-16(32)29-13-5-3-4-12(9-13)25(26,27)28/h3-9,17-19H,10H2,1-2H3,(H,29,32)(H,30,33,34). The molecule has 1 saturated heterocycles. The summed E-state index contributed by atoms with van der Waals surface area (Å²) in [6.07, 6.45) is -4.59. The number of rotatable bonds is 6. The molecule has 2 aliphatic heterocycles. The van der Waals surface area contributed by atoms with E-state index in [0.29, 0.717) is 27.0 Å². The Morgan fingerprint density at radius 2 is 1.79 bits per heavy atom. The number of nitrogens with one attached hydrogen (secondary N) is 2. The molecular weight excluding hydrogens is 559 g/mol. The topological polar surface area (TPSA) is 116 Å². The van der Waals surface area contributed by atoms with E-state index >= 15 is 0 Å². The number of thioether (sulfide) groups is 1. The molecule has 14 heteroatoms. The normalized spacial score (nSPS) is 20.2. The van der Waals surface area contributed by atoms with Gasteiger partial charge in [0.25, 0.3) is 0 Å². The zero-order valence-corrected chi connectivity index (χ0v) is 22.0. The molecule has 3 amide bonds. The molecule has 3 heterocycles. The van der Waals surface area contributed by atoms with Gasteiger partial charge in [-0.3, -0.25) is 29.1 Å². The van der Waals surface area contributed by atoms with Crippen LogP contribution in [-0.2, 0) is 27.1 Å². The average Bonchev–Trinajstić information content (AvgIpc) is 3.36. The van der Waals surface area contributed by atoms with E-state index in [2.05, 4.69) is 10.6 Å².